The van der Waals surface area contributed by atoms with Crippen LogP contribution >= 0.6 is 12.4 Å². The van der Waals surface area contributed by atoms with E-state index >= 15 is 0 Å². The summed E-state index contributed by atoms with van der Waals surface area (Å²) >= 11 is 0. The van der Waals surface area contributed by atoms with Gasteiger partial charge in [-0.15, -0.1) is 12.4 Å². The Morgan fingerprint density at radius 3 is 3.09 bits per heavy atom. The van der Waals surface area contributed by atoms with E-state index in [1.807, 2.05) is 13.0 Å². The Balaban J connectivity index is 0.00000176. The molecule has 120 valence electrons. The summed E-state index contributed by atoms with van der Waals surface area (Å²) in [5.74, 6) is -0.0896. The number of carbonyl (C=O) groups excluding carboxylic acids is 1. The van der Waals surface area contributed by atoms with Crippen LogP contribution in [0.2, 0.25) is 0 Å². The monoisotopic (exact) mass is 324 g/mol. The number of aromatic nitrogens is 2. The zero-order valence-electron chi connectivity index (χ0n) is 12.8. The van der Waals surface area contributed by atoms with Crippen molar-refractivity contribution in [2.75, 3.05) is 6.54 Å². The molecule has 3 heterocycles. The number of fused-ring (bicyclic) bond motifs is 1. The van der Waals surface area contributed by atoms with Crippen LogP contribution in [0.3, 0.4) is 0 Å². The van der Waals surface area contributed by atoms with E-state index < -0.39 is 0 Å². The van der Waals surface area contributed by atoms with Gasteiger partial charge in [0, 0.05) is 18.3 Å². The third-order valence-corrected chi connectivity index (χ3v) is 4.08. The lowest BCUT2D eigenvalue weighted by atomic mass is 9.99. The number of hydrogen-bond donors (Lipinski definition) is 2. The summed E-state index contributed by atoms with van der Waals surface area (Å²) in [6.45, 7) is 5.11. The fourth-order valence-corrected chi connectivity index (χ4v) is 2.75. The molecule has 2 unspecified atom stereocenters. The van der Waals surface area contributed by atoms with Crippen LogP contribution in [0, 0.1) is 0 Å². The van der Waals surface area contributed by atoms with Gasteiger partial charge in [0.15, 0.2) is 0 Å². The number of carbonyl (C=O) groups is 1. The molecule has 1 fully saturated rings. The number of aryl methyl sites for hydroxylation is 1. The third-order valence-electron chi connectivity index (χ3n) is 4.08. The first-order chi connectivity index (χ1) is 10.2. The van der Waals surface area contributed by atoms with Crippen LogP contribution in [0.4, 0.5) is 0 Å². The van der Waals surface area contributed by atoms with Gasteiger partial charge in [0.1, 0.15) is 0 Å². The Morgan fingerprint density at radius 2 is 2.36 bits per heavy atom. The lowest BCUT2D eigenvalue weighted by Gasteiger charge is -2.30. The molecule has 2 aromatic rings. The summed E-state index contributed by atoms with van der Waals surface area (Å²) in [5.41, 5.74) is 1.87. The molecule has 22 heavy (non-hydrogen) atoms. The second kappa shape index (κ2) is 7.07. The number of rotatable bonds is 3. The quantitative estimate of drug-likeness (QED) is 0.903. The average Bonchev–Trinajstić information content (AvgIpc) is 2.91. The molecule has 2 aromatic heterocycles. The van der Waals surface area contributed by atoms with Crippen molar-refractivity contribution >= 4 is 29.4 Å². The predicted octanol–water partition coefficient (Wildman–Crippen LogP) is 2.08. The van der Waals surface area contributed by atoms with E-state index in [1.54, 1.807) is 6.20 Å². The highest BCUT2D eigenvalue weighted by Crippen LogP contribution is 2.18. The van der Waals surface area contributed by atoms with E-state index in [-0.39, 0.29) is 24.4 Å². The minimum Gasteiger partial charge on any atom is -0.348 e. The van der Waals surface area contributed by atoms with E-state index in [4.69, 9.17) is 4.52 Å². The fourth-order valence-electron chi connectivity index (χ4n) is 2.75. The van der Waals surface area contributed by atoms with Crippen LogP contribution in [0.25, 0.3) is 11.1 Å². The average molecular weight is 325 g/mol. The number of piperidine rings is 1. The molecule has 6 nitrogen and oxygen atoms in total. The van der Waals surface area contributed by atoms with E-state index in [1.165, 1.54) is 0 Å². The summed E-state index contributed by atoms with van der Waals surface area (Å²) in [4.78, 5) is 16.6. The minimum atomic E-state index is -0.0896. The number of amides is 1. The van der Waals surface area contributed by atoms with Crippen LogP contribution in [0.5, 0.6) is 0 Å². The van der Waals surface area contributed by atoms with Crippen molar-refractivity contribution < 1.29 is 9.32 Å². The van der Waals surface area contributed by atoms with Gasteiger partial charge in [-0.05, 0) is 38.8 Å². The molecule has 2 atom stereocenters. The van der Waals surface area contributed by atoms with E-state index in [2.05, 4.69) is 27.7 Å². The zero-order chi connectivity index (χ0) is 14.8. The maximum atomic E-state index is 12.4. The zero-order valence-corrected chi connectivity index (χ0v) is 13.6. The summed E-state index contributed by atoms with van der Waals surface area (Å²) in [7, 11) is 0. The molecule has 3 rings (SSSR count). The number of hydrogen-bond acceptors (Lipinski definition) is 5. The maximum absolute atomic E-state index is 12.4. The molecular weight excluding hydrogens is 304 g/mol. The van der Waals surface area contributed by atoms with Crippen LogP contribution in [0.15, 0.2) is 16.8 Å². The number of nitrogens with one attached hydrogen (secondary N) is 2. The molecule has 0 aliphatic carbocycles. The molecule has 7 heteroatoms. The lowest BCUT2D eigenvalue weighted by Crippen LogP contribution is -2.51. The molecule has 0 bridgehead atoms. The Labute approximate surface area is 135 Å². The molecule has 1 aliphatic heterocycles. The molecule has 1 aliphatic rings. The largest absolute Gasteiger partial charge is 0.348 e. The minimum absolute atomic E-state index is 0. The first-order valence-corrected chi connectivity index (χ1v) is 7.47. The molecule has 0 spiro atoms. The van der Waals surface area contributed by atoms with Gasteiger partial charge in [-0.25, -0.2) is 4.98 Å². The highest BCUT2D eigenvalue weighted by molar-refractivity contribution is 5.97. The van der Waals surface area contributed by atoms with Crippen molar-refractivity contribution in [3.8, 4) is 0 Å². The van der Waals surface area contributed by atoms with Crippen molar-refractivity contribution in [1.82, 2.24) is 20.8 Å². The Hall–Kier alpha value is -1.66. The molecule has 0 saturated carbocycles. The summed E-state index contributed by atoms with van der Waals surface area (Å²) in [5, 5.41) is 11.2. The molecule has 1 saturated heterocycles. The molecule has 0 aromatic carbocycles. The highest BCUT2D eigenvalue weighted by atomic mass is 35.5. The molecule has 0 radical (unpaired) electrons. The number of nitrogens with zero attached hydrogens (tertiary/aromatic N) is 2. The topological polar surface area (TPSA) is 80.0 Å². The SMILES string of the molecule is CCc1noc2ncc(C(=O)NC3CCCNC3C)cc12.Cl. The normalized spacial score (nSPS) is 21.4. The smallest absolute Gasteiger partial charge is 0.257 e. The highest BCUT2D eigenvalue weighted by Gasteiger charge is 2.23. The van der Waals surface area contributed by atoms with Crippen LogP contribution in [-0.2, 0) is 6.42 Å². The van der Waals surface area contributed by atoms with Gasteiger partial charge in [-0.2, -0.15) is 0 Å². The van der Waals surface area contributed by atoms with Gasteiger partial charge in [0.25, 0.3) is 11.6 Å². The van der Waals surface area contributed by atoms with Crippen molar-refractivity contribution in [2.24, 2.45) is 0 Å². The van der Waals surface area contributed by atoms with Gasteiger partial charge in [-0.3, -0.25) is 4.79 Å². The van der Waals surface area contributed by atoms with Gasteiger partial charge in [0.05, 0.1) is 16.6 Å². The summed E-state index contributed by atoms with van der Waals surface area (Å²) in [6.07, 6.45) is 4.38. The van der Waals surface area contributed by atoms with Crippen molar-refractivity contribution in [3.63, 3.8) is 0 Å². The first kappa shape index (κ1) is 16.7. The second-order valence-corrected chi connectivity index (χ2v) is 5.52. The number of halogens is 1. The van der Waals surface area contributed by atoms with E-state index in [0.29, 0.717) is 17.3 Å². The van der Waals surface area contributed by atoms with Gasteiger partial charge in [0.2, 0.25) is 0 Å². The van der Waals surface area contributed by atoms with E-state index in [0.717, 1.165) is 36.9 Å². The lowest BCUT2D eigenvalue weighted by molar-refractivity contribution is 0.0919. The molecule has 2 N–H and O–H groups in total. The standard InChI is InChI=1S/C15H20N4O2.ClH/c1-3-12-11-7-10(8-17-15(11)21-19-12)14(20)18-13-5-4-6-16-9(13)2;/h7-9,13,16H,3-6H2,1-2H3,(H,18,20);1H. The number of pyridine rings is 1. The summed E-state index contributed by atoms with van der Waals surface area (Å²) < 4.78 is 5.14. The summed E-state index contributed by atoms with van der Waals surface area (Å²) in [6, 6.07) is 2.27. The van der Waals surface area contributed by atoms with Crippen molar-refractivity contribution in [2.45, 2.75) is 45.2 Å². The van der Waals surface area contributed by atoms with Gasteiger partial charge in [-0.1, -0.05) is 12.1 Å². The van der Waals surface area contributed by atoms with Crippen molar-refractivity contribution in [3.05, 3.63) is 23.5 Å². The van der Waals surface area contributed by atoms with Crippen LogP contribution in [0.1, 0.15) is 42.7 Å². The van der Waals surface area contributed by atoms with E-state index in [9.17, 15) is 4.79 Å². The maximum Gasteiger partial charge on any atom is 0.257 e. The predicted molar refractivity (Wildman–Crippen MR) is 86.4 cm³/mol. The molecule has 1 amide bonds. The van der Waals surface area contributed by atoms with Crippen molar-refractivity contribution in [1.29, 1.82) is 0 Å². The van der Waals surface area contributed by atoms with Crippen LogP contribution in [-0.4, -0.2) is 34.7 Å². The Morgan fingerprint density at radius 1 is 1.55 bits per heavy atom. The Kier molecular flexibility index (Phi) is 5.37. The first-order valence-electron chi connectivity index (χ1n) is 7.47. The van der Waals surface area contributed by atoms with Gasteiger partial charge < -0.3 is 15.2 Å². The van der Waals surface area contributed by atoms with Gasteiger partial charge >= 0.3 is 0 Å². The van der Waals surface area contributed by atoms with Crippen LogP contribution < -0.4 is 10.6 Å². The third kappa shape index (κ3) is 3.23. The molecular formula is C15H21ClN4O2. The second-order valence-electron chi connectivity index (χ2n) is 5.52. The fraction of sp³-hybridized carbons (Fsp3) is 0.533. The Bertz CT molecular complexity index is 658.